The molecule has 16 nitrogen and oxygen atoms in total. The summed E-state index contributed by atoms with van der Waals surface area (Å²) in [6.45, 7) is 0. The molecule has 0 unspecified atom stereocenters. The molecule has 0 amide bonds. The van der Waals surface area contributed by atoms with Gasteiger partial charge in [0.05, 0.1) is 0 Å². The van der Waals surface area contributed by atoms with Crippen molar-refractivity contribution in [2.24, 2.45) is 0 Å². The number of halogens is 4. The minimum atomic E-state index is 0.152. The fourth-order valence-corrected chi connectivity index (χ4v) is 19.2. The molecule has 0 saturated heterocycles. The standard InChI is InChI=1S/2C33H20ClN3O.C31H18ClN3O.C27H16ClN3O/c34-33-36-31(22-11-5-2-6-12-22)35-32(37-33)25-17-18-27-28-16-8-15-26(30(28)38-29(27)20-25)24-14-7-13-23(19-24)21-9-3-1-4-10-21;34-33-36-31(24-10-5-2-6-11-24)35-32(37-33)25-18-19-27-29(20-25)38-28-13-7-12-26(30(27)28)23-16-14-22(15-17-23)21-8-3-1-4-9-21;32-31-34-29(20-9-2-1-3-10-20)33-30(35-31)21-16-17-24-26-15-7-14-25(28(26)36-27(24)18-21)23-13-6-11-19-8-4-5-12-22(19)23;28-27-30-25(18-10-5-2-6-11-18)29-26(31-27)19-14-15-21-22-13-7-12-20(17-8-3-1-4-9-17)24(22)32-23(21)16-19/h2*1-20H;1-18H;1-16H. The summed E-state index contributed by atoms with van der Waals surface area (Å²) in [7, 11) is 0. The monoisotopic (exact) mass is 1930 g/mol. The van der Waals surface area contributed by atoms with Gasteiger partial charge in [-0.3, -0.25) is 0 Å². The van der Waals surface area contributed by atoms with Crippen LogP contribution < -0.4 is 0 Å². The zero-order valence-corrected chi connectivity index (χ0v) is 79.3. The minimum absolute atomic E-state index is 0.152. The quantitative estimate of drug-likeness (QED) is 0.0992. The molecular weight excluding hydrogens is 1860 g/mol. The summed E-state index contributed by atoms with van der Waals surface area (Å²) >= 11 is 25.1. The summed E-state index contributed by atoms with van der Waals surface area (Å²) in [5.41, 5.74) is 26.8. The van der Waals surface area contributed by atoms with Gasteiger partial charge >= 0.3 is 0 Å². The Bertz CT molecular complexity index is 9520. The molecule has 27 aromatic rings. The molecule has 0 atom stereocenters. The van der Waals surface area contributed by atoms with Crippen molar-refractivity contribution in [2.75, 3.05) is 0 Å². The van der Waals surface area contributed by atoms with Gasteiger partial charge in [0.1, 0.15) is 44.7 Å². The van der Waals surface area contributed by atoms with E-state index in [1.54, 1.807) is 0 Å². The average molecular weight is 1940 g/mol. The maximum atomic E-state index is 6.49. The first-order chi connectivity index (χ1) is 71.0. The average Bonchev–Trinajstić information content (AvgIpc) is 1.62. The van der Waals surface area contributed by atoms with E-state index in [9.17, 15) is 0 Å². The predicted octanol–water partition coefficient (Wildman–Crippen LogP) is 34.2. The van der Waals surface area contributed by atoms with E-state index >= 15 is 0 Å². The molecule has 8 aromatic heterocycles. The Morgan fingerprint density at radius 3 is 0.819 bits per heavy atom. The lowest BCUT2D eigenvalue weighted by Gasteiger charge is -2.07. The van der Waals surface area contributed by atoms with Crippen LogP contribution in [0.5, 0.6) is 0 Å². The second-order valence-electron chi connectivity index (χ2n) is 34.2. The van der Waals surface area contributed by atoms with Gasteiger partial charge in [0.15, 0.2) is 46.6 Å². The lowest BCUT2D eigenvalue weighted by molar-refractivity contribution is 0.669. The van der Waals surface area contributed by atoms with Crippen molar-refractivity contribution in [2.45, 2.75) is 0 Å². The van der Waals surface area contributed by atoms with Crippen molar-refractivity contribution in [1.29, 1.82) is 0 Å². The molecule has 144 heavy (non-hydrogen) atoms. The molecule has 0 aliphatic heterocycles. The third-order valence-corrected chi connectivity index (χ3v) is 26.0. The Morgan fingerprint density at radius 2 is 0.396 bits per heavy atom. The SMILES string of the molecule is Clc1nc(-c2ccccc2)nc(-c2ccc3c(c2)oc2c(-c4cccc(-c5ccccc5)c4)cccc23)n1.Clc1nc(-c2ccccc2)nc(-c2ccc3c(c2)oc2c(-c4cccc5ccccc45)cccc23)n1.Clc1nc(-c2ccccc2)nc(-c2ccc3c(c2)oc2c(-c4ccccc4)cccc23)n1.Clc1nc(-c2ccccc2)nc(-c2ccc3c(c2)oc2cccc(-c4ccc(-c5ccccc5)cc4)c23)n1. The predicted molar refractivity (Wildman–Crippen MR) is 582 cm³/mol. The van der Waals surface area contributed by atoms with Crippen LogP contribution in [-0.2, 0) is 0 Å². The van der Waals surface area contributed by atoms with Gasteiger partial charge in [0.2, 0.25) is 21.1 Å². The van der Waals surface area contributed by atoms with E-state index < -0.39 is 0 Å². The van der Waals surface area contributed by atoms with Crippen LogP contribution in [0.2, 0.25) is 21.1 Å². The van der Waals surface area contributed by atoms with Crippen molar-refractivity contribution in [3.63, 3.8) is 0 Å². The van der Waals surface area contributed by atoms with Crippen LogP contribution in [0.3, 0.4) is 0 Å². The number of aromatic nitrogens is 12. The Morgan fingerprint density at radius 1 is 0.139 bits per heavy atom. The maximum Gasteiger partial charge on any atom is 0.226 e. The van der Waals surface area contributed by atoms with Crippen LogP contribution in [-0.4, -0.2) is 59.8 Å². The molecule has 0 bridgehead atoms. The molecule has 19 aromatic carbocycles. The molecule has 0 spiro atoms. The van der Waals surface area contributed by atoms with Crippen molar-refractivity contribution in [3.8, 4) is 158 Å². The van der Waals surface area contributed by atoms with Crippen molar-refractivity contribution < 1.29 is 17.7 Å². The number of benzene rings is 19. The van der Waals surface area contributed by atoms with Crippen LogP contribution in [0.4, 0.5) is 0 Å². The summed E-state index contributed by atoms with van der Waals surface area (Å²) in [5, 5.41) is 11.5. The zero-order valence-electron chi connectivity index (χ0n) is 76.2. The summed E-state index contributed by atoms with van der Waals surface area (Å²) in [6, 6.07) is 151. The summed E-state index contributed by atoms with van der Waals surface area (Å²) in [6.07, 6.45) is 0. The van der Waals surface area contributed by atoms with Crippen molar-refractivity contribution in [3.05, 3.63) is 470 Å². The van der Waals surface area contributed by atoms with Crippen LogP contribution >= 0.6 is 46.4 Å². The highest BCUT2D eigenvalue weighted by molar-refractivity contribution is 6.29. The second kappa shape index (κ2) is 38.9. The highest BCUT2D eigenvalue weighted by atomic mass is 35.5. The van der Waals surface area contributed by atoms with Gasteiger partial charge in [-0.15, -0.1) is 0 Å². The molecule has 8 heterocycles. The van der Waals surface area contributed by atoms with Crippen LogP contribution in [0, 0.1) is 0 Å². The van der Waals surface area contributed by atoms with Crippen LogP contribution in [0.25, 0.3) is 256 Å². The topological polar surface area (TPSA) is 207 Å². The highest BCUT2D eigenvalue weighted by Gasteiger charge is 2.24. The van der Waals surface area contributed by atoms with Gasteiger partial charge < -0.3 is 17.7 Å². The lowest BCUT2D eigenvalue weighted by atomic mass is 9.96. The number of para-hydroxylation sites is 3. The first-order valence-corrected chi connectivity index (χ1v) is 48.0. The van der Waals surface area contributed by atoms with E-state index in [4.69, 9.17) is 69.1 Å². The molecule has 0 N–H and O–H groups in total. The van der Waals surface area contributed by atoms with Crippen molar-refractivity contribution in [1.82, 2.24) is 59.8 Å². The Labute approximate surface area is 844 Å². The number of hydrogen-bond donors (Lipinski definition) is 0. The van der Waals surface area contributed by atoms with Gasteiger partial charge in [-0.05, 0) is 168 Å². The zero-order chi connectivity index (χ0) is 96.5. The largest absolute Gasteiger partial charge is 0.456 e. The summed E-state index contributed by atoms with van der Waals surface area (Å²) in [4.78, 5) is 53.5. The smallest absolute Gasteiger partial charge is 0.226 e. The Balaban J connectivity index is 0.000000104. The minimum Gasteiger partial charge on any atom is -0.456 e. The lowest BCUT2D eigenvalue weighted by Crippen LogP contribution is -1.97. The molecule has 20 heteroatoms. The molecule has 0 aliphatic carbocycles. The summed E-state index contributed by atoms with van der Waals surface area (Å²) in [5.74, 6) is 4.16. The van der Waals surface area contributed by atoms with Gasteiger partial charge in [-0.1, -0.05) is 388 Å². The third kappa shape index (κ3) is 17.9. The second-order valence-corrected chi connectivity index (χ2v) is 35.6. The molecule has 0 aliphatic rings. The first-order valence-electron chi connectivity index (χ1n) is 46.5. The van der Waals surface area contributed by atoms with Gasteiger partial charge in [0, 0.05) is 104 Å². The normalized spacial score (nSPS) is 11.3. The molecular formula is C124H74Cl4N12O4. The van der Waals surface area contributed by atoms with Gasteiger partial charge in [-0.2, -0.15) is 39.9 Å². The highest BCUT2D eigenvalue weighted by Crippen LogP contribution is 2.46. The number of hydrogen-bond acceptors (Lipinski definition) is 16. The molecule has 682 valence electrons. The number of furan rings is 4. The molecule has 27 rings (SSSR count). The van der Waals surface area contributed by atoms with E-state index in [1.165, 1.54) is 33.0 Å². The molecule has 0 fully saturated rings. The third-order valence-electron chi connectivity index (χ3n) is 25.3. The van der Waals surface area contributed by atoms with Gasteiger partial charge in [0.25, 0.3) is 0 Å². The van der Waals surface area contributed by atoms with E-state index in [1.807, 2.05) is 218 Å². The Kier molecular flexibility index (Phi) is 23.9. The Hall–Kier alpha value is -18.2. The van der Waals surface area contributed by atoms with Crippen LogP contribution in [0.1, 0.15) is 0 Å². The van der Waals surface area contributed by atoms with Crippen LogP contribution in [0.15, 0.2) is 467 Å². The summed E-state index contributed by atoms with van der Waals surface area (Å²) < 4.78 is 25.6. The first kappa shape index (κ1) is 88.5. The van der Waals surface area contributed by atoms with E-state index in [-0.39, 0.29) is 21.1 Å². The van der Waals surface area contributed by atoms with E-state index in [2.05, 4.69) is 285 Å². The number of rotatable bonds is 14. The number of fused-ring (bicyclic) bond motifs is 13. The van der Waals surface area contributed by atoms with Crippen molar-refractivity contribution >= 4 is 145 Å². The molecule has 0 saturated carbocycles. The fraction of sp³-hybridized carbons (Fsp3) is 0. The fourth-order valence-electron chi connectivity index (χ4n) is 18.5. The van der Waals surface area contributed by atoms with Gasteiger partial charge in [-0.25, -0.2) is 19.9 Å². The maximum absolute atomic E-state index is 6.49. The number of nitrogens with zero attached hydrogens (tertiary/aromatic N) is 12. The molecule has 0 radical (unpaired) electrons. The van der Waals surface area contributed by atoms with E-state index in [0.717, 1.165) is 177 Å². The van der Waals surface area contributed by atoms with E-state index in [0.29, 0.717) is 46.6 Å².